The average Bonchev–Trinajstić information content (AvgIpc) is 2.09. The van der Waals surface area contributed by atoms with Crippen molar-refractivity contribution in [2.45, 2.75) is 33.7 Å². The van der Waals surface area contributed by atoms with Crippen molar-refractivity contribution in [3.8, 4) is 0 Å². The van der Waals surface area contributed by atoms with Gasteiger partial charge >= 0.3 is 5.97 Å². The fraction of sp³-hybridized carbons (Fsp3) is 0.500. The fourth-order valence-corrected chi connectivity index (χ4v) is 2.00. The van der Waals surface area contributed by atoms with Crippen LogP contribution in [0.15, 0.2) is 16.9 Å². The fourth-order valence-electron chi connectivity index (χ4n) is 2.00. The van der Waals surface area contributed by atoms with Crippen LogP contribution in [0, 0.1) is 19.8 Å². The second-order valence-corrected chi connectivity index (χ2v) is 4.37. The predicted molar refractivity (Wildman–Crippen MR) is 61.7 cm³/mol. The number of aryl methyl sites for hydroxylation is 2. The molecule has 4 nitrogen and oxygen atoms in total. The van der Waals surface area contributed by atoms with Gasteiger partial charge in [-0.3, -0.25) is 4.79 Å². The van der Waals surface area contributed by atoms with Crippen molar-refractivity contribution in [2.75, 3.05) is 0 Å². The number of rotatable bonds is 3. The summed E-state index contributed by atoms with van der Waals surface area (Å²) in [6.07, 6.45) is 0. The SMILES string of the molecule is Cc1cc(=O)cc(C)n1C(C(=O)O)C(C)C. The summed E-state index contributed by atoms with van der Waals surface area (Å²) in [6, 6.07) is 2.30. The van der Waals surface area contributed by atoms with Crippen LogP contribution in [0.5, 0.6) is 0 Å². The Labute approximate surface area is 94.5 Å². The lowest BCUT2D eigenvalue weighted by molar-refractivity contribution is -0.142. The summed E-state index contributed by atoms with van der Waals surface area (Å²) in [4.78, 5) is 22.5. The summed E-state index contributed by atoms with van der Waals surface area (Å²) in [5.74, 6) is -0.901. The number of hydrogen-bond donors (Lipinski definition) is 1. The van der Waals surface area contributed by atoms with Gasteiger partial charge in [0.2, 0.25) is 0 Å². The molecule has 0 aliphatic carbocycles. The van der Waals surface area contributed by atoms with E-state index < -0.39 is 12.0 Å². The monoisotopic (exact) mass is 223 g/mol. The van der Waals surface area contributed by atoms with Gasteiger partial charge in [0.15, 0.2) is 5.43 Å². The minimum Gasteiger partial charge on any atom is -0.480 e. The van der Waals surface area contributed by atoms with Gasteiger partial charge < -0.3 is 9.67 Å². The van der Waals surface area contributed by atoms with Crippen molar-refractivity contribution in [1.82, 2.24) is 4.57 Å². The molecule has 0 radical (unpaired) electrons. The molecule has 1 rings (SSSR count). The molecule has 88 valence electrons. The molecule has 1 atom stereocenters. The van der Waals surface area contributed by atoms with E-state index in [1.165, 1.54) is 12.1 Å². The molecule has 0 amide bonds. The van der Waals surface area contributed by atoms with E-state index in [-0.39, 0.29) is 11.3 Å². The van der Waals surface area contributed by atoms with Crippen LogP contribution in [-0.2, 0) is 4.79 Å². The maximum absolute atomic E-state index is 11.3. The highest BCUT2D eigenvalue weighted by Gasteiger charge is 2.24. The number of aliphatic carboxylic acids is 1. The molecule has 1 aromatic rings. The van der Waals surface area contributed by atoms with Gasteiger partial charge in [0.25, 0.3) is 0 Å². The van der Waals surface area contributed by atoms with Crippen molar-refractivity contribution in [1.29, 1.82) is 0 Å². The van der Waals surface area contributed by atoms with Crippen molar-refractivity contribution in [2.24, 2.45) is 5.92 Å². The zero-order valence-electron chi connectivity index (χ0n) is 10.0. The molecule has 0 aromatic carbocycles. The average molecular weight is 223 g/mol. The number of carbonyl (C=O) groups is 1. The molecule has 0 aliphatic heterocycles. The summed E-state index contributed by atoms with van der Waals surface area (Å²) in [6.45, 7) is 7.23. The second kappa shape index (κ2) is 4.51. The highest BCUT2D eigenvalue weighted by Crippen LogP contribution is 2.21. The number of aromatic nitrogens is 1. The Hall–Kier alpha value is -1.58. The lowest BCUT2D eigenvalue weighted by Gasteiger charge is -2.24. The first-order valence-electron chi connectivity index (χ1n) is 5.27. The van der Waals surface area contributed by atoms with Crippen LogP contribution < -0.4 is 5.43 Å². The van der Waals surface area contributed by atoms with Gasteiger partial charge in [0.1, 0.15) is 6.04 Å². The van der Waals surface area contributed by atoms with Crippen LogP contribution in [0.25, 0.3) is 0 Å². The highest BCUT2D eigenvalue weighted by molar-refractivity contribution is 5.72. The Morgan fingerprint density at radius 2 is 1.69 bits per heavy atom. The largest absolute Gasteiger partial charge is 0.480 e. The molecule has 1 aromatic heterocycles. The number of hydrogen-bond acceptors (Lipinski definition) is 2. The third-order valence-electron chi connectivity index (χ3n) is 2.62. The van der Waals surface area contributed by atoms with Crippen LogP contribution in [0.3, 0.4) is 0 Å². The first kappa shape index (κ1) is 12.5. The van der Waals surface area contributed by atoms with Gasteiger partial charge in [-0.05, 0) is 19.8 Å². The molecule has 0 aliphatic rings. The van der Waals surface area contributed by atoms with Crippen LogP contribution in [0.2, 0.25) is 0 Å². The molecule has 1 heterocycles. The van der Waals surface area contributed by atoms with Gasteiger partial charge in [0, 0.05) is 23.5 Å². The lowest BCUT2D eigenvalue weighted by Crippen LogP contribution is -2.28. The Balaban J connectivity index is 3.41. The molecule has 0 saturated carbocycles. The van der Waals surface area contributed by atoms with Crippen LogP contribution in [0.4, 0.5) is 0 Å². The highest BCUT2D eigenvalue weighted by atomic mass is 16.4. The smallest absolute Gasteiger partial charge is 0.326 e. The Morgan fingerprint density at radius 1 is 1.25 bits per heavy atom. The standard InChI is InChI=1S/C12H17NO3/c1-7(2)11(12(15)16)13-8(3)5-10(14)6-9(13)4/h5-7,11H,1-4H3,(H,15,16). The molecule has 1 N–H and O–H groups in total. The maximum Gasteiger partial charge on any atom is 0.326 e. The van der Waals surface area contributed by atoms with Gasteiger partial charge in [0.05, 0.1) is 0 Å². The minimum absolute atomic E-state index is 0.0302. The van der Waals surface area contributed by atoms with E-state index >= 15 is 0 Å². The first-order chi connectivity index (χ1) is 7.34. The zero-order valence-corrected chi connectivity index (χ0v) is 10.0. The molecule has 0 bridgehead atoms. The molecule has 0 spiro atoms. The summed E-state index contributed by atoms with van der Waals surface area (Å²) >= 11 is 0. The van der Waals surface area contributed by atoms with E-state index in [9.17, 15) is 14.7 Å². The van der Waals surface area contributed by atoms with E-state index in [4.69, 9.17) is 0 Å². The number of nitrogens with zero attached hydrogens (tertiary/aromatic N) is 1. The Kier molecular flexibility index (Phi) is 3.52. The van der Waals surface area contributed by atoms with Crippen LogP contribution in [0.1, 0.15) is 31.3 Å². The van der Waals surface area contributed by atoms with E-state index in [0.717, 1.165) is 0 Å². The van der Waals surface area contributed by atoms with Gasteiger partial charge in [-0.15, -0.1) is 0 Å². The van der Waals surface area contributed by atoms with Gasteiger partial charge in [-0.1, -0.05) is 13.8 Å². The maximum atomic E-state index is 11.3. The number of carboxylic acids is 1. The van der Waals surface area contributed by atoms with Gasteiger partial charge in [-0.25, -0.2) is 4.79 Å². The van der Waals surface area contributed by atoms with Crippen molar-refractivity contribution >= 4 is 5.97 Å². The lowest BCUT2D eigenvalue weighted by atomic mass is 10.0. The first-order valence-corrected chi connectivity index (χ1v) is 5.27. The molecule has 4 heteroatoms. The molecule has 16 heavy (non-hydrogen) atoms. The van der Waals surface area contributed by atoms with E-state index in [1.54, 1.807) is 18.4 Å². The molecule has 0 saturated heterocycles. The third-order valence-corrected chi connectivity index (χ3v) is 2.62. The summed E-state index contributed by atoms with van der Waals surface area (Å²) in [7, 11) is 0. The van der Waals surface area contributed by atoms with E-state index in [0.29, 0.717) is 11.4 Å². The Bertz CT molecular complexity index is 434. The van der Waals surface area contributed by atoms with Crippen molar-refractivity contribution < 1.29 is 9.90 Å². The third kappa shape index (κ3) is 2.32. The second-order valence-electron chi connectivity index (χ2n) is 4.37. The van der Waals surface area contributed by atoms with Crippen LogP contribution >= 0.6 is 0 Å². The Morgan fingerprint density at radius 3 is 2.00 bits per heavy atom. The predicted octanol–water partition coefficient (Wildman–Crippen LogP) is 1.75. The number of carboxylic acid groups (broad SMARTS) is 1. The van der Waals surface area contributed by atoms with Crippen molar-refractivity contribution in [3.63, 3.8) is 0 Å². The van der Waals surface area contributed by atoms with Crippen LogP contribution in [-0.4, -0.2) is 15.6 Å². The minimum atomic E-state index is -0.871. The normalized spacial score (nSPS) is 12.8. The molecule has 0 fully saturated rings. The molecular weight excluding hydrogens is 206 g/mol. The topological polar surface area (TPSA) is 59.3 Å². The number of pyridine rings is 1. The summed E-state index contributed by atoms with van der Waals surface area (Å²) in [5, 5.41) is 9.22. The van der Waals surface area contributed by atoms with E-state index in [1.807, 2.05) is 13.8 Å². The summed E-state index contributed by atoms with van der Waals surface area (Å²) < 4.78 is 1.70. The molecule has 1 unspecified atom stereocenters. The molecular formula is C12H17NO3. The zero-order chi connectivity index (χ0) is 12.5. The summed E-state index contributed by atoms with van der Waals surface area (Å²) in [5.41, 5.74) is 1.29. The quantitative estimate of drug-likeness (QED) is 0.849. The van der Waals surface area contributed by atoms with Gasteiger partial charge in [-0.2, -0.15) is 0 Å². The van der Waals surface area contributed by atoms with E-state index in [2.05, 4.69) is 0 Å². The van der Waals surface area contributed by atoms with Crippen molar-refractivity contribution in [3.05, 3.63) is 33.7 Å².